The summed E-state index contributed by atoms with van der Waals surface area (Å²) in [6.45, 7) is 1.61. The van der Waals surface area contributed by atoms with Crippen LogP contribution in [-0.2, 0) is 4.79 Å². The van der Waals surface area contributed by atoms with E-state index in [1.165, 1.54) is 19.2 Å². The lowest BCUT2D eigenvalue weighted by Gasteiger charge is -2.40. The van der Waals surface area contributed by atoms with Gasteiger partial charge >= 0.3 is 0 Å². The molecule has 2 N–H and O–H groups in total. The number of amides is 2. The van der Waals surface area contributed by atoms with E-state index in [1.807, 2.05) is 11.9 Å². The number of carbonyl (C=O) groups is 2. The molecule has 2 amide bonds. The van der Waals surface area contributed by atoms with Gasteiger partial charge in [-0.25, -0.2) is 13.8 Å². The van der Waals surface area contributed by atoms with Gasteiger partial charge in [0.05, 0.1) is 25.0 Å². The van der Waals surface area contributed by atoms with E-state index in [1.54, 1.807) is 4.90 Å². The third-order valence-corrected chi connectivity index (χ3v) is 7.53. The summed E-state index contributed by atoms with van der Waals surface area (Å²) in [5, 5.41) is 9.79. The summed E-state index contributed by atoms with van der Waals surface area (Å²) in [5.74, 6) is -0.939. The van der Waals surface area contributed by atoms with Crippen molar-refractivity contribution in [3.63, 3.8) is 0 Å². The summed E-state index contributed by atoms with van der Waals surface area (Å²) in [4.78, 5) is 33.9. The van der Waals surface area contributed by atoms with Gasteiger partial charge < -0.3 is 19.9 Å². The molecule has 2 aromatic rings. The quantitative estimate of drug-likeness (QED) is 0.669. The van der Waals surface area contributed by atoms with Crippen LogP contribution in [0.3, 0.4) is 0 Å². The first-order valence-corrected chi connectivity index (χ1v) is 12.0. The number of halogens is 2. The standard InChI is InChI=1S/C24H30F2N6O3/c1-31-7-4-16(25)20(13-31)28-22(33)14-3-8-32(24(11-14)5-6-24)23(34)19-10-18(29-30-19)15-9-21(35-2)27-12-17(15)26/h9-10,12,14,16,20H,3-8,11,13H2,1-2H3,(H,28,33)(H,29,30)/t14-,16-,20-/m0/s1. The van der Waals surface area contributed by atoms with Gasteiger partial charge in [-0.15, -0.1) is 0 Å². The number of alkyl halides is 1. The first-order chi connectivity index (χ1) is 16.8. The van der Waals surface area contributed by atoms with E-state index in [4.69, 9.17) is 4.74 Å². The second-order valence-corrected chi connectivity index (χ2v) is 9.93. The van der Waals surface area contributed by atoms with Crippen molar-refractivity contribution in [1.29, 1.82) is 0 Å². The third kappa shape index (κ3) is 4.61. The lowest BCUT2D eigenvalue weighted by atomic mass is 9.87. The molecule has 3 fully saturated rings. The number of nitrogens with one attached hydrogen (secondary N) is 2. The maximum atomic E-state index is 14.3. The van der Waals surface area contributed by atoms with E-state index < -0.39 is 18.0 Å². The van der Waals surface area contributed by atoms with E-state index in [-0.39, 0.29) is 40.4 Å². The first-order valence-electron chi connectivity index (χ1n) is 12.0. The Morgan fingerprint density at radius 2 is 2.06 bits per heavy atom. The third-order valence-electron chi connectivity index (χ3n) is 7.53. The molecule has 3 aliphatic rings. The van der Waals surface area contributed by atoms with Crippen molar-refractivity contribution in [2.75, 3.05) is 33.8 Å². The first kappa shape index (κ1) is 23.7. The molecule has 1 saturated carbocycles. The molecular formula is C24H30F2N6O3. The minimum absolute atomic E-state index is 0.129. The average molecular weight is 489 g/mol. The number of H-pyrrole nitrogens is 1. The summed E-state index contributed by atoms with van der Waals surface area (Å²) in [5.41, 5.74) is 0.373. The molecular weight excluding hydrogens is 458 g/mol. The molecule has 2 aliphatic heterocycles. The van der Waals surface area contributed by atoms with Gasteiger partial charge in [-0.05, 0) is 45.2 Å². The maximum absolute atomic E-state index is 14.3. The van der Waals surface area contributed by atoms with Crippen LogP contribution in [0.1, 0.15) is 42.6 Å². The van der Waals surface area contributed by atoms with Crippen molar-refractivity contribution in [2.45, 2.75) is 49.9 Å². The van der Waals surface area contributed by atoms with Crippen molar-refractivity contribution in [2.24, 2.45) is 5.92 Å². The van der Waals surface area contributed by atoms with Crippen molar-refractivity contribution in [3.05, 3.63) is 29.8 Å². The van der Waals surface area contributed by atoms with Crippen molar-refractivity contribution < 1.29 is 23.1 Å². The molecule has 2 saturated heterocycles. The van der Waals surface area contributed by atoms with Gasteiger partial charge in [-0.3, -0.25) is 14.7 Å². The molecule has 0 radical (unpaired) electrons. The van der Waals surface area contributed by atoms with Crippen LogP contribution in [0, 0.1) is 11.7 Å². The molecule has 0 unspecified atom stereocenters. The fourth-order valence-corrected chi connectivity index (χ4v) is 5.32. The lowest BCUT2D eigenvalue weighted by molar-refractivity contribution is -0.129. The minimum atomic E-state index is -1.04. The number of methoxy groups -OCH3 is 1. The fourth-order valence-electron chi connectivity index (χ4n) is 5.32. The van der Waals surface area contributed by atoms with E-state index in [9.17, 15) is 18.4 Å². The highest BCUT2D eigenvalue weighted by atomic mass is 19.1. The number of likely N-dealkylation sites (tertiary alicyclic amines) is 2. The number of rotatable bonds is 5. The second-order valence-electron chi connectivity index (χ2n) is 9.93. The summed E-state index contributed by atoms with van der Waals surface area (Å²) < 4.78 is 33.7. The van der Waals surface area contributed by atoms with Gasteiger partial charge in [0.25, 0.3) is 5.91 Å². The van der Waals surface area contributed by atoms with Crippen molar-refractivity contribution >= 4 is 11.8 Å². The molecule has 1 aliphatic carbocycles. The van der Waals surface area contributed by atoms with Crippen LogP contribution >= 0.6 is 0 Å². The van der Waals surface area contributed by atoms with E-state index >= 15 is 0 Å². The predicted molar refractivity (Wildman–Crippen MR) is 123 cm³/mol. The van der Waals surface area contributed by atoms with Gasteiger partial charge in [0.2, 0.25) is 11.8 Å². The second kappa shape index (κ2) is 9.18. The Hall–Kier alpha value is -3.08. The van der Waals surface area contributed by atoms with E-state index in [0.717, 1.165) is 19.0 Å². The van der Waals surface area contributed by atoms with Gasteiger partial charge in [0.15, 0.2) is 11.5 Å². The number of carbonyl (C=O) groups excluding carboxylic acids is 2. The molecule has 35 heavy (non-hydrogen) atoms. The summed E-state index contributed by atoms with van der Waals surface area (Å²) >= 11 is 0. The van der Waals surface area contributed by atoms with Crippen LogP contribution in [0.25, 0.3) is 11.3 Å². The van der Waals surface area contributed by atoms with Gasteiger partial charge in [0, 0.05) is 42.7 Å². The normalized spacial score (nSPS) is 25.9. The molecule has 5 rings (SSSR count). The zero-order valence-electron chi connectivity index (χ0n) is 19.9. The smallest absolute Gasteiger partial charge is 0.274 e. The number of piperidine rings is 2. The maximum Gasteiger partial charge on any atom is 0.274 e. The number of aromatic nitrogens is 3. The molecule has 0 aromatic carbocycles. The molecule has 9 nitrogen and oxygen atoms in total. The summed E-state index contributed by atoms with van der Waals surface area (Å²) in [6, 6.07) is 2.47. The zero-order valence-corrected chi connectivity index (χ0v) is 19.9. The Bertz CT molecular complexity index is 1120. The largest absolute Gasteiger partial charge is 0.481 e. The monoisotopic (exact) mass is 488 g/mol. The molecule has 1 spiro atoms. The zero-order chi connectivity index (χ0) is 24.7. The van der Waals surface area contributed by atoms with E-state index in [0.29, 0.717) is 44.6 Å². The number of ether oxygens (including phenoxy) is 1. The molecule has 4 heterocycles. The van der Waals surface area contributed by atoms with Crippen LogP contribution in [0.4, 0.5) is 8.78 Å². The highest BCUT2D eigenvalue weighted by molar-refractivity contribution is 5.94. The van der Waals surface area contributed by atoms with Gasteiger partial charge in [-0.2, -0.15) is 5.10 Å². The molecule has 188 valence electrons. The van der Waals surface area contributed by atoms with E-state index in [2.05, 4.69) is 20.5 Å². The number of pyridine rings is 1. The molecule has 11 heteroatoms. The Kier molecular flexibility index (Phi) is 6.20. The van der Waals surface area contributed by atoms with Crippen molar-refractivity contribution in [3.8, 4) is 17.1 Å². The fraction of sp³-hybridized carbons (Fsp3) is 0.583. The van der Waals surface area contributed by atoms with Crippen LogP contribution < -0.4 is 10.1 Å². The Morgan fingerprint density at radius 3 is 2.80 bits per heavy atom. The van der Waals surface area contributed by atoms with Gasteiger partial charge in [-0.1, -0.05) is 0 Å². The van der Waals surface area contributed by atoms with Crippen molar-refractivity contribution in [1.82, 2.24) is 30.3 Å². The Morgan fingerprint density at radius 1 is 1.26 bits per heavy atom. The average Bonchev–Trinajstić information content (AvgIpc) is 3.42. The number of aromatic amines is 1. The minimum Gasteiger partial charge on any atom is -0.481 e. The van der Waals surface area contributed by atoms with Crippen LogP contribution in [-0.4, -0.2) is 88.3 Å². The van der Waals surface area contributed by atoms with Crippen LogP contribution in [0.5, 0.6) is 5.88 Å². The Balaban J connectivity index is 1.26. The number of likely N-dealkylation sites (N-methyl/N-ethyl adjacent to an activating group) is 1. The number of hydrogen-bond acceptors (Lipinski definition) is 6. The highest BCUT2D eigenvalue weighted by Crippen LogP contribution is 2.50. The van der Waals surface area contributed by atoms with Gasteiger partial charge in [0.1, 0.15) is 6.17 Å². The highest BCUT2D eigenvalue weighted by Gasteiger charge is 2.55. The SMILES string of the molecule is COc1cc(-c2cc(C(=O)N3CC[C@H](C(=O)N[C@H]4CN(C)CC[C@@H]4F)CC34CC4)n[nH]2)c(F)cn1. The molecule has 0 bridgehead atoms. The van der Waals surface area contributed by atoms with Crippen LogP contribution in [0.2, 0.25) is 0 Å². The van der Waals surface area contributed by atoms with Crippen LogP contribution in [0.15, 0.2) is 18.3 Å². The Labute approximate surface area is 202 Å². The topological polar surface area (TPSA) is 103 Å². The molecule has 3 atom stereocenters. The number of nitrogens with zero attached hydrogens (tertiary/aromatic N) is 4. The number of hydrogen-bond donors (Lipinski definition) is 2. The predicted octanol–water partition coefficient (Wildman–Crippen LogP) is 2.16. The summed E-state index contributed by atoms with van der Waals surface area (Å²) in [7, 11) is 3.36. The lowest BCUT2D eigenvalue weighted by Crippen LogP contribution is -2.56. The summed E-state index contributed by atoms with van der Waals surface area (Å²) in [6.07, 6.45) is 3.12. The molecule has 2 aromatic heterocycles.